The first-order chi connectivity index (χ1) is 8.81. The summed E-state index contributed by atoms with van der Waals surface area (Å²) in [6, 6.07) is 2.77. The number of halogens is 1. The van der Waals surface area contributed by atoms with Gasteiger partial charge in [0.1, 0.15) is 0 Å². The average Bonchev–Trinajstić information content (AvgIpc) is 2.88. The molecule has 2 heterocycles. The predicted octanol–water partition coefficient (Wildman–Crippen LogP) is 3.25. The standard InChI is InChI=1S/C12H14BrN3OS/c13-10-6-8(7-18-10)12-16-15-11(17-12)2-1-5-14-9-3-4-9/h6-7,9,14H,1-5H2. The van der Waals surface area contributed by atoms with Gasteiger partial charge in [-0.2, -0.15) is 0 Å². The Morgan fingerprint density at radius 2 is 2.33 bits per heavy atom. The van der Waals surface area contributed by atoms with Crippen LogP contribution < -0.4 is 5.32 Å². The maximum absolute atomic E-state index is 5.64. The van der Waals surface area contributed by atoms with Gasteiger partial charge in [-0.3, -0.25) is 0 Å². The average molecular weight is 328 g/mol. The zero-order chi connectivity index (χ0) is 12.4. The van der Waals surface area contributed by atoms with Crippen LogP contribution in [0.1, 0.15) is 25.2 Å². The van der Waals surface area contributed by atoms with E-state index in [0.29, 0.717) is 5.89 Å². The zero-order valence-corrected chi connectivity index (χ0v) is 12.3. The summed E-state index contributed by atoms with van der Waals surface area (Å²) in [5, 5.41) is 13.6. The van der Waals surface area contributed by atoms with Gasteiger partial charge in [-0.15, -0.1) is 21.5 Å². The highest BCUT2D eigenvalue weighted by molar-refractivity contribution is 9.11. The summed E-state index contributed by atoms with van der Waals surface area (Å²) in [5.74, 6) is 1.34. The Balaban J connectivity index is 1.52. The Morgan fingerprint density at radius 3 is 3.06 bits per heavy atom. The normalized spacial score (nSPS) is 15.2. The van der Waals surface area contributed by atoms with Crippen molar-refractivity contribution in [2.75, 3.05) is 6.54 Å². The molecule has 0 unspecified atom stereocenters. The molecule has 2 aromatic heterocycles. The Hall–Kier alpha value is -0.720. The quantitative estimate of drug-likeness (QED) is 0.827. The van der Waals surface area contributed by atoms with Gasteiger partial charge in [0.05, 0.1) is 9.35 Å². The molecule has 0 aliphatic heterocycles. The molecule has 1 aliphatic carbocycles. The van der Waals surface area contributed by atoms with Crippen LogP contribution in [0.2, 0.25) is 0 Å². The highest BCUT2D eigenvalue weighted by Gasteiger charge is 2.19. The van der Waals surface area contributed by atoms with Crippen molar-refractivity contribution >= 4 is 27.3 Å². The fraction of sp³-hybridized carbons (Fsp3) is 0.500. The van der Waals surface area contributed by atoms with E-state index in [1.54, 1.807) is 11.3 Å². The summed E-state index contributed by atoms with van der Waals surface area (Å²) < 4.78 is 6.72. The lowest BCUT2D eigenvalue weighted by Gasteiger charge is -1.99. The van der Waals surface area contributed by atoms with E-state index >= 15 is 0 Å². The number of hydrogen-bond donors (Lipinski definition) is 1. The first-order valence-electron chi connectivity index (χ1n) is 6.11. The van der Waals surface area contributed by atoms with E-state index in [1.165, 1.54) is 12.8 Å². The molecule has 18 heavy (non-hydrogen) atoms. The topological polar surface area (TPSA) is 51.0 Å². The van der Waals surface area contributed by atoms with Gasteiger partial charge in [0.15, 0.2) is 0 Å². The van der Waals surface area contributed by atoms with Crippen molar-refractivity contribution in [3.05, 3.63) is 21.1 Å². The van der Waals surface area contributed by atoms with Gasteiger partial charge in [-0.25, -0.2) is 0 Å². The maximum atomic E-state index is 5.64. The summed E-state index contributed by atoms with van der Waals surface area (Å²) in [7, 11) is 0. The van der Waals surface area contributed by atoms with Crippen LogP contribution >= 0.6 is 27.3 Å². The second kappa shape index (κ2) is 5.50. The van der Waals surface area contributed by atoms with Crippen LogP contribution in [0.15, 0.2) is 19.6 Å². The SMILES string of the molecule is Brc1cc(-c2nnc(CCCNC3CC3)o2)cs1. The zero-order valence-electron chi connectivity index (χ0n) is 9.86. The second-order valence-corrected chi connectivity index (χ2v) is 6.76. The lowest BCUT2D eigenvalue weighted by atomic mass is 10.3. The molecule has 1 aliphatic rings. The van der Waals surface area contributed by atoms with Crippen molar-refractivity contribution in [2.45, 2.75) is 31.7 Å². The van der Waals surface area contributed by atoms with E-state index in [2.05, 4.69) is 31.4 Å². The first-order valence-corrected chi connectivity index (χ1v) is 7.79. The second-order valence-electron chi connectivity index (χ2n) is 4.47. The molecule has 0 aromatic carbocycles. The molecule has 1 saturated carbocycles. The molecule has 0 atom stereocenters. The van der Waals surface area contributed by atoms with Crippen molar-refractivity contribution in [3.8, 4) is 11.5 Å². The van der Waals surface area contributed by atoms with Crippen molar-refractivity contribution < 1.29 is 4.42 Å². The Kier molecular flexibility index (Phi) is 3.77. The van der Waals surface area contributed by atoms with Crippen LogP contribution in [0.25, 0.3) is 11.5 Å². The van der Waals surface area contributed by atoms with Gasteiger partial charge in [0.25, 0.3) is 0 Å². The van der Waals surface area contributed by atoms with Gasteiger partial charge in [-0.05, 0) is 47.8 Å². The molecule has 0 amide bonds. The minimum absolute atomic E-state index is 0.613. The Morgan fingerprint density at radius 1 is 1.44 bits per heavy atom. The van der Waals surface area contributed by atoms with Crippen molar-refractivity contribution in [1.29, 1.82) is 0 Å². The van der Waals surface area contributed by atoms with Crippen LogP contribution in [0, 0.1) is 0 Å². The molecular weight excluding hydrogens is 314 g/mol. The largest absolute Gasteiger partial charge is 0.421 e. The molecule has 4 nitrogen and oxygen atoms in total. The Bertz CT molecular complexity index is 521. The maximum Gasteiger partial charge on any atom is 0.248 e. The number of rotatable bonds is 6. The van der Waals surface area contributed by atoms with Gasteiger partial charge >= 0.3 is 0 Å². The van der Waals surface area contributed by atoms with E-state index in [9.17, 15) is 0 Å². The van der Waals surface area contributed by atoms with Gasteiger partial charge in [-0.1, -0.05) is 0 Å². The number of hydrogen-bond acceptors (Lipinski definition) is 5. The molecule has 1 fully saturated rings. The van der Waals surface area contributed by atoms with Gasteiger partial charge < -0.3 is 9.73 Å². The minimum atomic E-state index is 0.613. The first kappa shape index (κ1) is 12.3. The summed E-state index contributed by atoms with van der Waals surface area (Å²) in [6.45, 7) is 1.03. The molecule has 1 N–H and O–H groups in total. The van der Waals surface area contributed by atoms with Crippen LogP contribution in [0.5, 0.6) is 0 Å². The molecule has 0 bridgehead atoms. The number of nitrogens with zero attached hydrogens (tertiary/aromatic N) is 2. The third kappa shape index (κ3) is 3.18. The molecule has 6 heteroatoms. The Labute approximate surface area is 118 Å². The summed E-state index contributed by atoms with van der Waals surface area (Å²) in [6.07, 6.45) is 4.55. The highest BCUT2D eigenvalue weighted by Crippen LogP contribution is 2.28. The van der Waals surface area contributed by atoms with Crippen LogP contribution in [0.3, 0.4) is 0 Å². The molecular formula is C12H14BrN3OS. The molecule has 96 valence electrons. The summed E-state index contributed by atoms with van der Waals surface area (Å²) in [4.78, 5) is 0. The number of aryl methyl sites for hydroxylation is 1. The van der Waals surface area contributed by atoms with E-state index in [1.807, 2.05) is 11.4 Å². The van der Waals surface area contributed by atoms with E-state index < -0.39 is 0 Å². The summed E-state index contributed by atoms with van der Waals surface area (Å²) in [5.41, 5.74) is 0.988. The molecule has 3 rings (SSSR count). The molecule has 0 saturated heterocycles. The monoisotopic (exact) mass is 327 g/mol. The lowest BCUT2D eigenvalue weighted by molar-refractivity contribution is 0.491. The van der Waals surface area contributed by atoms with E-state index in [4.69, 9.17) is 4.42 Å². The molecule has 0 spiro atoms. The van der Waals surface area contributed by atoms with Crippen molar-refractivity contribution in [1.82, 2.24) is 15.5 Å². The smallest absolute Gasteiger partial charge is 0.248 e. The van der Waals surface area contributed by atoms with E-state index in [-0.39, 0.29) is 0 Å². The molecule has 0 radical (unpaired) electrons. The van der Waals surface area contributed by atoms with Crippen LogP contribution in [-0.4, -0.2) is 22.8 Å². The number of aromatic nitrogens is 2. The predicted molar refractivity (Wildman–Crippen MR) is 74.7 cm³/mol. The van der Waals surface area contributed by atoms with E-state index in [0.717, 1.165) is 40.7 Å². The highest BCUT2D eigenvalue weighted by atomic mass is 79.9. The number of thiophene rings is 1. The summed E-state index contributed by atoms with van der Waals surface area (Å²) >= 11 is 5.05. The van der Waals surface area contributed by atoms with Crippen molar-refractivity contribution in [3.63, 3.8) is 0 Å². The van der Waals surface area contributed by atoms with Crippen LogP contribution in [0.4, 0.5) is 0 Å². The fourth-order valence-corrected chi connectivity index (χ4v) is 2.86. The third-order valence-corrected chi connectivity index (χ3v) is 4.36. The van der Waals surface area contributed by atoms with Gasteiger partial charge in [0.2, 0.25) is 11.8 Å². The fourth-order valence-electron chi connectivity index (χ4n) is 1.73. The minimum Gasteiger partial charge on any atom is -0.421 e. The number of nitrogens with one attached hydrogen (secondary N) is 1. The van der Waals surface area contributed by atoms with Crippen molar-refractivity contribution in [2.24, 2.45) is 0 Å². The van der Waals surface area contributed by atoms with Gasteiger partial charge in [0, 0.05) is 17.8 Å². The lowest BCUT2D eigenvalue weighted by Crippen LogP contribution is -2.17. The third-order valence-electron chi connectivity index (χ3n) is 2.86. The van der Waals surface area contributed by atoms with Crippen LogP contribution in [-0.2, 0) is 6.42 Å². The molecule has 2 aromatic rings.